The van der Waals surface area contributed by atoms with Gasteiger partial charge in [-0.15, -0.1) is 0 Å². The number of para-hydroxylation sites is 2. The van der Waals surface area contributed by atoms with Gasteiger partial charge in [-0.2, -0.15) is 0 Å². The van der Waals surface area contributed by atoms with Crippen LogP contribution in [0, 0.1) is 0 Å². The van der Waals surface area contributed by atoms with E-state index >= 15 is 0 Å². The van der Waals surface area contributed by atoms with Crippen molar-refractivity contribution in [3.8, 4) is 84.0 Å². The molecule has 0 saturated carbocycles. The summed E-state index contributed by atoms with van der Waals surface area (Å²) in [7, 11) is 0. The fraction of sp³-hybridized carbons (Fsp3) is 0.0548. The molecule has 0 saturated heterocycles. The molecule has 13 rings (SSSR count). The Balaban J connectivity index is 0.895. The van der Waals surface area contributed by atoms with Crippen molar-refractivity contribution in [3.63, 3.8) is 0 Å². The van der Waals surface area contributed by atoms with E-state index in [9.17, 15) is 0 Å². The summed E-state index contributed by atoms with van der Waals surface area (Å²) in [5.74, 6) is 0. The molecule has 0 amide bonds. The van der Waals surface area contributed by atoms with Crippen LogP contribution < -0.4 is 0 Å². The van der Waals surface area contributed by atoms with Crippen LogP contribution in [-0.2, 0) is 25.7 Å². The lowest BCUT2D eigenvalue weighted by Crippen LogP contribution is -1.98. The molecule has 4 aromatic heterocycles. The van der Waals surface area contributed by atoms with Gasteiger partial charge in [-0.3, -0.25) is 9.97 Å². The average Bonchev–Trinajstić information content (AvgIpc) is 3.86. The van der Waals surface area contributed by atoms with E-state index < -0.39 is 0 Å². The van der Waals surface area contributed by atoms with Crippen molar-refractivity contribution in [3.05, 3.63) is 302 Å². The van der Waals surface area contributed by atoms with E-state index in [0.717, 1.165) is 98.2 Å². The Kier molecular flexibility index (Phi) is 12.9. The van der Waals surface area contributed by atoms with E-state index in [2.05, 4.69) is 257 Å². The van der Waals surface area contributed by atoms with Crippen molar-refractivity contribution in [1.82, 2.24) is 19.5 Å². The van der Waals surface area contributed by atoms with Gasteiger partial charge >= 0.3 is 0 Å². The van der Waals surface area contributed by atoms with Gasteiger partial charge in [0, 0.05) is 40.2 Å². The molecule has 0 unspecified atom stereocenters. The van der Waals surface area contributed by atoms with Gasteiger partial charge in [0.25, 0.3) is 0 Å². The molecular weight excluding hydrogens is 933 g/mol. The second-order valence-electron chi connectivity index (χ2n) is 19.9. The number of fused-ring (bicyclic) bond motifs is 3. The minimum absolute atomic E-state index is 0.916. The first-order valence-corrected chi connectivity index (χ1v) is 26.6. The van der Waals surface area contributed by atoms with E-state index in [-0.39, 0.29) is 0 Å². The van der Waals surface area contributed by atoms with Gasteiger partial charge in [0.05, 0.1) is 33.6 Å². The Morgan fingerprint density at radius 1 is 0.273 bits per heavy atom. The largest absolute Gasteiger partial charge is 0.308 e. The van der Waals surface area contributed by atoms with Crippen LogP contribution in [0.5, 0.6) is 0 Å². The lowest BCUT2D eigenvalue weighted by molar-refractivity contribution is 0.931. The molecule has 0 aliphatic carbocycles. The Bertz CT molecular complexity index is 4050. The summed E-state index contributed by atoms with van der Waals surface area (Å²) in [5.41, 5.74) is 25.3. The van der Waals surface area contributed by atoms with E-state index in [1.165, 1.54) is 55.6 Å². The summed E-state index contributed by atoms with van der Waals surface area (Å²) in [6, 6.07) is 96.5. The maximum atomic E-state index is 5.48. The Morgan fingerprint density at radius 3 is 1.42 bits per heavy atom. The van der Waals surface area contributed by atoms with Crippen LogP contribution in [-0.4, -0.2) is 19.5 Å². The van der Waals surface area contributed by atoms with E-state index in [1.807, 2.05) is 36.7 Å². The highest BCUT2D eigenvalue weighted by Gasteiger charge is 2.19. The topological polar surface area (TPSA) is 43.6 Å². The van der Waals surface area contributed by atoms with Gasteiger partial charge < -0.3 is 4.57 Å². The molecule has 0 spiro atoms. The van der Waals surface area contributed by atoms with Crippen LogP contribution in [0.25, 0.3) is 106 Å². The second-order valence-corrected chi connectivity index (χ2v) is 19.9. The summed E-state index contributed by atoms with van der Waals surface area (Å²) in [5, 5.41) is 1.13. The Labute approximate surface area is 450 Å². The third-order valence-corrected chi connectivity index (χ3v) is 15.0. The van der Waals surface area contributed by atoms with Gasteiger partial charge in [0.2, 0.25) is 0 Å². The van der Waals surface area contributed by atoms with E-state index in [0.29, 0.717) is 0 Å². The zero-order valence-corrected chi connectivity index (χ0v) is 42.7. The number of hydrogen-bond acceptors (Lipinski definition) is 3. The molecule has 4 heterocycles. The smallest absolute Gasteiger partial charge is 0.0970 e. The first-order chi connectivity index (χ1) is 38.1. The van der Waals surface area contributed by atoms with E-state index in [1.54, 1.807) is 0 Å². The summed E-state index contributed by atoms with van der Waals surface area (Å²) < 4.78 is 2.32. The summed E-state index contributed by atoms with van der Waals surface area (Å²) in [6.07, 6.45) is 7.40. The lowest BCUT2D eigenvalue weighted by Gasteiger charge is -2.18. The molecule has 9 aromatic carbocycles. The van der Waals surface area contributed by atoms with Gasteiger partial charge in [-0.1, -0.05) is 206 Å². The molecule has 366 valence electrons. The molecule has 0 aliphatic heterocycles. The number of aryl methyl sites for hydroxylation is 4. The number of aromatic nitrogens is 4. The molecule has 77 heavy (non-hydrogen) atoms. The van der Waals surface area contributed by atoms with Crippen LogP contribution in [0.3, 0.4) is 0 Å². The molecule has 0 atom stereocenters. The SMILES string of the molecule is c1ccc(-c2ccc(-c3cc(-c4ccc5c(n4)c4ccccc4n5-c4ccccc4)ccc3-c3ccccc3-c3cc(CCc4ccc(-c5ccccn5)cc4)cc(CCc4ccc(-c5ccccn5)cc4)c3)cc2)cc1. The van der Waals surface area contributed by atoms with Crippen LogP contribution in [0.2, 0.25) is 0 Å². The first-order valence-electron chi connectivity index (χ1n) is 26.6. The molecule has 0 aliphatic rings. The number of benzene rings is 9. The third-order valence-electron chi connectivity index (χ3n) is 15.0. The highest BCUT2D eigenvalue weighted by atomic mass is 15.0. The molecule has 4 nitrogen and oxygen atoms in total. The van der Waals surface area contributed by atoms with Crippen LogP contribution in [0.15, 0.2) is 279 Å². The zero-order chi connectivity index (χ0) is 51.3. The molecule has 0 N–H and O–H groups in total. The molecular formula is C73H54N4. The highest BCUT2D eigenvalue weighted by molar-refractivity contribution is 6.08. The molecule has 4 heteroatoms. The predicted octanol–water partition coefficient (Wildman–Crippen LogP) is 18.2. The van der Waals surface area contributed by atoms with Gasteiger partial charge in [0.15, 0.2) is 0 Å². The average molecular weight is 987 g/mol. The van der Waals surface area contributed by atoms with Crippen LogP contribution in [0.1, 0.15) is 22.3 Å². The summed E-state index contributed by atoms with van der Waals surface area (Å²) in [6.45, 7) is 0. The number of hydrogen-bond donors (Lipinski definition) is 0. The van der Waals surface area contributed by atoms with Crippen molar-refractivity contribution in [2.24, 2.45) is 0 Å². The minimum atomic E-state index is 0.916. The summed E-state index contributed by atoms with van der Waals surface area (Å²) in [4.78, 5) is 14.7. The predicted molar refractivity (Wildman–Crippen MR) is 320 cm³/mol. The van der Waals surface area contributed by atoms with Crippen molar-refractivity contribution in [2.45, 2.75) is 25.7 Å². The number of rotatable bonds is 14. The zero-order valence-electron chi connectivity index (χ0n) is 42.7. The lowest BCUT2D eigenvalue weighted by atomic mass is 9.86. The normalized spacial score (nSPS) is 11.3. The fourth-order valence-corrected chi connectivity index (χ4v) is 11.0. The summed E-state index contributed by atoms with van der Waals surface area (Å²) >= 11 is 0. The van der Waals surface area contributed by atoms with Crippen LogP contribution >= 0.6 is 0 Å². The Hall–Kier alpha value is -9.77. The molecule has 0 bridgehead atoms. The van der Waals surface area contributed by atoms with Gasteiger partial charge in [-0.05, 0) is 153 Å². The first kappa shape index (κ1) is 47.0. The van der Waals surface area contributed by atoms with Crippen molar-refractivity contribution in [1.29, 1.82) is 0 Å². The second kappa shape index (κ2) is 21.2. The van der Waals surface area contributed by atoms with Gasteiger partial charge in [-0.25, -0.2) is 4.98 Å². The minimum Gasteiger partial charge on any atom is -0.308 e. The molecule has 0 fully saturated rings. The monoisotopic (exact) mass is 986 g/mol. The van der Waals surface area contributed by atoms with Gasteiger partial charge in [0.1, 0.15) is 0 Å². The van der Waals surface area contributed by atoms with E-state index in [4.69, 9.17) is 4.98 Å². The third kappa shape index (κ3) is 9.89. The standard InChI is InChI=1S/C73H54N4/c1-3-15-55(16-4-1)56-37-39-57(40-38-56)67-50-60(70-43-44-72-73(76-70)66-21-9-10-24-71(66)77(72)62-17-5-2-6-18-62)41-42-65(67)64-20-8-7-19-63(64)61-48-53(27-25-51-29-33-58(34-30-51)68-22-11-13-45-74-68)47-54(49-61)28-26-52-31-35-59(36-32-52)69-23-12-14-46-75-69/h1-24,29-50H,25-28H2. The van der Waals surface area contributed by atoms with Crippen LogP contribution in [0.4, 0.5) is 0 Å². The highest BCUT2D eigenvalue weighted by Crippen LogP contribution is 2.42. The number of nitrogens with zero attached hydrogens (tertiary/aromatic N) is 4. The molecule has 13 aromatic rings. The Morgan fingerprint density at radius 2 is 0.779 bits per heavy atom. The maximum absolute atomic E-state index is 5.48. The van der Waals surface area contributed by atoms with Crippen molar-refractivity contribution < 1.29 is 0 Å². The molecule has 0 radical (unpaired) electrons. The number of pyridine rings is 3. The van der Waals surface area contributed by atoms with Crippen molar-refractivity contribution in [2.75, 3.05) is 0 Å². The fourth-order valence-electron chi connectivity index (χ4n) is 11.0. The quantitative estimate of drug-likeness (QED) is 0.109. The van der Waals surface area contributed by atoms with Crippen molar-refractivity contribution >= 4 is 21.9 Å². The maximum Gasteiger partial charge on any atom is 0.0970 e.